The predicted molar refractivity (Wildman–Crippen MR) is 66.3 cm³/mol. The lowest BCUT2D eigenvalue weighted by atomic mass is 10.1. The van der Waals surface area contributed by atoms with Crippen molar-refractivity contribution < 1.29 is 9.59 Å². The number of amides is 2. The van der Waals surface area contributed by atoms with Crippen LogP contribution in [0.1, 0.15) is 32.6 Å². The minimum atomic E-state index is -0.0926. The summed E-state index contributed by atoms with van der Waals surface area (Å²) >= 11 is 0. The van der Waals surface area contributed by atoms with Gasteiger partial charge in [-0.1, -0.05) is 6.92 Å². The van der Waals surface area contributed by atoms with Gasteiger partial charge in [-0.15, -0.1) is 0 Å². The molecule has 1 aliphatic rings. The molecule has 0 spiro atoms. The Bertz CT molecular complexity index is 281. The SMILES string of the molecule is CCCNC(=O)CN(C)C(=O)C1CCC(N)C1. The molecule has 0 aromatic carbocycles. The molecule has 0 radical (unpaired) electrons. The maximum absolute atomic E-state index is 12.0. The summed E-state index contributed by atoms with van der Waals surface area (Å²) in [4.78, 5) is 25.0. The zero-order valence-electron chi connectivity index (χ0n) is 10.7. The third-order valence-electron chi connectivity index (χ3n) is 3.15. The van der Waals surface area contributed by atoms with Crippen molar-refractivity contribution in [3.8, 4) is 0 Å². The van der Waals surface area contributed by atoms with Crippen molar-refractivity contribution in [2.75, 3.05) is 20.1 Å². The van der Waals surface area contributed by atoms with Gasteiger partial charge in [-0.3, -0.25) is 9.59 Å². The summed E-state index contributed by atoms with van der Waals surface area (Å²) in [6.45, 7) is 2.80. The largest absolute Gasteiger partial charge is 0.355 e. The summed E-state index contributed by atoms with van der Waals surface area (Å²) in [6, 6.07) is 0.145. The molecule has 17 heavy (non-hydrogen) atoms. The van der Waals surface area contributed by atoms with E-state index in [0.717, 1.165) is 25.7 Å². The van der Waals surface area contributed by atoms with E-state index in [0.29, 0.717) is 6.54 Å². The summed E-state index contributed by atoms with van der Waals surface area (Å²) < 4.78 is 0. The fourth-order valence-electron chi connectivity index (χ4n) is 2.17. The molecule has 0 aromatic rings. The Kier molecular flexibility index (Phi) is 5.41. The van der Waals surface area contributed by atoms with Crippen LogP contribution >= 0.6 is 0 Å². The molecule has 0 heterocycles. The standard InChI is InChI=1S/C12H23N3O2/c1-3-6-14-11(16)8-15(2)12(17)9-4-5-10(13)7-9/h9-10H,3-8,13H2,1-2H3,(H,14,16). The number of nitrogens with one attached hydrogen (secondary N) is 1. The van der Waals surface area contributed by atoms with Gasteiger partial charge in [0, 0.05) is 25.6 Å². The third kappa shape index (κ3) is 4.34. The molecule has 0 aliphatic heterocycles. The quantitative estimate of drug-likeness (QED) is 0.716. The second kappa shape index (κ2) is 6.59. The normalized spacial score (nSPS) is 23.5. The number of nitrogens with two attached hydrogens (primary N) is 1. The van der Waals surface area contributed by atoms with Gasteiger partial charge in [0.1, 0.15) is 0 Å². The van der Waals surface area contributed by atoms with Gasteiger partial charge in [0.25, 0.3) is 0 Å². The van der Waals surface area contributed by atoms with E-state index < -0.39 is 0 Å². The Labute approximate surface area is 103 Å². The highest BCUT2D eigenvalue weighted by atomic mass is 16.2. The van der Waals surface area contributed by atoms with Crippen LogP contribution in [0.5, 0.6) is 0 Å². The summed E-state index contributed by atoms with van der Waals surface area (Å²) in [5.74, 6) is -0.0384. The molecule has 98 valence electrons. The van der Waals surface area contributed by atoms with Gasteiger partial charge in [-0.2, -0.15) is 0 Å². The molecule has 1 fully saturated rings. The van der Waals surface area contributed by atoms with Crippen LogP contribution in [0.25, 0.3) is 0 Å². The van der Waals surface area contributed by atoms with Crippen LogP contribution in [-0.2, 0) is 9.59 Å². The van der Waals surface area contributed by atoms with Crippen molar-refractivity contribution in [2.45, 2.75) is 38.6 Å². The Morgan fingerprint density at radius 1 is 1.41 bits per heavy atom. The lowest BCUT2D eigenvalue weighted by Gasteiger charge is -2.20. The van der Waals surface area contributed by atoms with Crippen molar-refractivity contribution >= 4 is 11.8 Å². The Morgan fingerprint density at radius 3 is 2.65 bits per heavy atom. The van der Waals surface area contributed by atoms with Crippen LogP contribution in [0, 0.1) is 5.92 Å². The number of nitrogens with zero attached hydrogens (tertiary/aromatic N) is 1. The molecule has 0 aromatic heterocycles. The van der Waals surface area contributed by atoms with E-state index in [2.05, 4.69) is 5.32 Å². The Morgan fingerprint density at radius 2 is 2.12 bits per heavy atom. The number of rotatable bonds is 5. The van der Waals surface area contributed by atoms with E-state index in [4.69, 9.17) is 5.73 Å². The molecular formula is C12H23N3O2. The summed E-state index contributed by atoms with van der Waals surface area (Å²) in [5.41, 5.74) is 5.78. The lowest BCUT2D eigenvalue weighted by Crippen LogP contribution is -2.41. The first-order chi connectivity index (χ1) is 8.04. The van der Waals surface area contributed by atoms with Gasteiger partial charge in [0.15, 0.2) is 0 Å². The molecule has 2 unspecified atom stereocenters. The first-order valence-electron chi connectivity index (χ1n) is 6.31. The molecule has 5 nitrogen and oxygen atoms in total. The van der Waals surface area contributed by atoms with Crippen molar-refractivity contribution in [1.29, 1.82) is 0 Å². The van der Waals surface area contributed by atoms with Gasteiger partial charge in [0.2, 0.25) is 11.8 Å². The average molecular weight is 241 g/mol. The number of hydrogen-bond acceptors (Lipinski definition) is 3. The van der Waals surface area contributed by atoms with Crippen LogP contribution in [0.15, 0.2) is 0 Å². The minimum absolute atomic E-state index is 0.00831. The predicted octanol–water partition coefficient (Wildman–Crippen LogP) is 0.0984. The zero-order chi connectivity index (χ0) is 12.8. The maximum Gasteiger partial charge on any atom is 0.239 e. The minimum Gasteiger partial charge on any atom is -0.355 e. The van der Waals surface area contributed by atoms with E-state index in [-0.39, 0.29) is 30.3 Å². The number of hydrogen-bond donors (Lipinski definition) is 2. The van der Waals surface area contributed by atoms with Crippen molar-refractivity contribution in [3.05, 3.63) is 0 Å². The van der Waals surface area contributed by atoms with E-state index in [1.54, 1.807) is 7.05 Å². The highest BCUT2D eigenvalue weighted by molar-refractivity contribution is 5.85. The smallest absolute Gasteiger partial charge is 0.239 e. The molecular weight excluding hydrogens is 218 g/mol. The second-order valence-electron chi connectivity index (χ2n) is 4.81. The van der Waals surface area contributed by atoms with Gasteiger partial charge < -0.3 is 16.0 Å². The topological polar surface area (TPSA) is 75.4 Å². The molecule has 1 saturated carbocycles. The van der Waals surface area contributed by atoms with Crippen molar-refractivity contribution in [3.63, 3.8) is 0 Å². The van der Waals surface area contributed by atoms with Crippen LogP contribution < -0.4 is 11.1 Å². The fraction of sp³-hybridized carbons (Fsp3) is 0.833. The molecule has 2 atom stereocenters. The van der Waals surface area contributed by atoms with Gasteiger partial charge in [-0.25, -0.2) is 0 Å². The average Bonchev–Trinajstić information content (AvgIpc) is 2.72. The van der Waals surface area contributed by atoms with Crippen LogP contribution in [-0.4, -0.2) is 42.9 Å². The third-order valence-corrected chi connectivity index (χ3v) is 3.15. The van der Waals surface area contributed by atoms with Crippen LogP contribution in [0.3, 0.4) is 0 Å². The van der Waals surface area contributed by atoms with Gasteiger partial charge in [0.05, 0.1) is 6.54 Å². The highest BCUT2D eigenvalue weighted by Crippen LogP contribution is 2.25. The van der Waals surface area contributed by atoms with E-state index in [1.165, 1.54) is 4.90 Å². The van der Waals surface area contributed by atoms with Crippen LogP contribution in [0.4, 0.5) is 0 Å². The molecule has 0 saturated heterocycles. The second-order valence-corrected chi connectivity index (χ2v) is 4.81. The van der Waals surface area contributed by atoms with Gasteiger partial charge in [-0.05, 0) is 25.7 Å². The van der Waals surface area contributed by atoms with Crippen LogP contribution in [0.2, 0.25) is 0 Å². The summed E-state index contributed by atoms with van der Waals surface area (Å²) in [7, 11) is 1.68. The molecule has 0 bridgehead atoms. The number of carbonyl (C=O) groups excluding carboxylic acids is 2. The van der Waals surface area contributed by atoms with E-state index in [9.17, 15) is 9.59 Å². The van der Waals surface area contributed by atoms with E-state index >= 15 is 0 Å². The number of likely N-dealkylation sites (N-methyl/N-ethyl adjacent to an activating group) is 1. The first kappa shape index (κ1) is 14.0. The van der Waals surface area contributed by atoms with Crippen molar-refractivity contribution in [1.82, 2.24) is 10.2 Å². The molecule has 1 rings (SSSR count). The number of carbonyl (C=O) groups is 2. The monoisotopic (exact) mass is 241 g/mol. The van der Waals surface area contributed by atoms with E-state index in [1.807, 2.05) is 6.92 Å². The fourth-order valence-corrected chi connectivity index (χ4v) is 2.17. The lowest BCUT2D eigenvalue weighted by molar-refractivity contribution is -0.137. The molecule has 3 N–H and O–H groups in total. The summed E-state index contributed by atoms with van der Waals surface area (Å²) in [6.07, 6.45) is 3.41. The van der Waals surface area contributed by atoms with Gasteiger partial charge >= 0.3 is 0 Å². The van der Waals surface area contributed by atoms with Crippen molar-refractivity contribution in [2.24, 2.45) is 11.7 Å². The molecule has 5 heteroatoms. The first-order valence-corrected chi connectivity index (χ1v) is 6.31. The molecule has 1 aliphatic carbocycles. The maximum atomic E-state index is 12.0. The Hall–Kier alpha value is -1.10. The Balaban J connectivity index is 2.34. The molecule has 2 amide bonds. The highest BCUT2D eigenvalue weighted by Gasteiger charge is 2.30. The zero-order valence-corrected chi connectivity index (χ0v) is 10.7. The summed E-state index contributed by atoms with van der Waals surface area (Å²) in [5, 5.41) is 2.76.